The molecule has 9 nitrogen and oxygen atoms in total. The molecule has 0 spiro atoms. The molecule has 0 saturated heterocycles. The van der Waals surface area contributed by atoms with Gasteiger partial charge < -0.3 is 36.1 Å². The minimum absolute atomic E-state index is 0.483. The first-order valence-electron chi connectivity index (χ1n) is 14.1. The third-order valence-electron chi connectivity index (χ3n) is 8.18. The molecule has 0 amide bonds. The number of nitrogens with zero attached hydrogens (tertiary/aromatic N) is 3. The van der Waals surface area contributed by atoms with Crippen molar-refractivity contribution in [2.24, 2.45) is 9.98 Å². The van der Waals surface area contributed by atoms with Crippen LogP contribution >= 0.6 is 0 Å². The van der Waals surface area contributed by atoms with Gasteiger partial charge in [0.05, 0.1) is 13.1 Å². The Hall–Kier alpha value is -3.08. The smallest absolute Gasteiger partial charge is 0.343 e. The summed E-state index contributed by atoms with van der Waals surface area (Å²) in [5, 5.41) is 36.3. The second-order valence-electron chi connectivity index (χ2n) is 10.3. The molecular formula is C28H41BN7O2-. The zero-order chi connectivity index (χ0) is 26.7. The molecule has 0 fully saturated rings. The highest BCUT2D eigenvalue weighted by atomic mass is 16.4. The van der Waals surface area contributed by atoms with E-state index in [4.69, 9.17) is 0 Å². The summed E-state index contributed by atoms with van der Waals surface area (Å²) in [6.07, 6.45) is 2.65. The number of hydrogen-bond acceptors (Lipinski definition) is 9. The highest BCUT2D eigenvalue weighted by molar-refractivity contribution is 6.77. The van der Waals surface area contributed by atoms with Crippen LogP contribution < -0.4 is 26.7 Å². The number of aliphatic imine (C=N–C) groups is 2. The van der Waals surface area contributed by atoms with Crippen molar-refractivity contribution in [3.05, 3.63) is 63.2 Å². The third-order valence-corrected chi connectivity index (χ3v) is 8.18. The molecule has 3 heterocycles. The van der Waals surface area contributed by atoms with Gasteiger partial charge in [-0.25, -0.2) is 0 Å². The van der Waals surface area contributed by atoms with E-state index in [2.05, 4.69) is 52.0 Å². The molecular weight excluding hydrogens is 477 g/mol. The fraction of sp³-hybridized carbons (Fsp3) is 0.500. The van der Waals surface area contributed by atoms with E-state index in [-0.39, 0.29) is 0 Å². The van der Waals surface area contributed by atoms with Gasteiger partial charge in [-0.3, -0.25) is 9.98 Å². The highest BCUT2D eigenvalue weighted by Crippen LogP contribution is 2.33. The zero-order valence-corrected chi connectivity index (χ0v) is 22.9. The molecule has 204 valence electrons. The van der Waals surface area contributed by atoms with Crippen molar-refractivity contribution in [1.82, 2.24) is 26.1 Å². The Kier molecular flexibility index (Phi) is 7.92. The van der Waals surface area contributed by atoms with E-state index in [0.717, 1.165) is 62.9 Å². The van der Waals surface area contributed by atoms with Gasteiger partial charge >= 0.3 is 6.69 Å². The van der Waals surface area contributed by atoms with Gasteiger partial charge in [-0.15, -0.1) is 5.46 Å². The summed E-state index contributed by atoms with van der Waals surface area (Å²) in [6, 6.07) is 7.68. The minimum atomic E-state index is -2.78. The van der Waals surface area contributed by atoms with Gasteiger partial charge in [-0.05, 0) is 65.7 Å². The van der Waals surface area contributed by atoms with Crippen molar-refractivity contribution in [1.29, 1.82) is 0 Å². The molecule has 0 atom stereocenters. The maximum Gasteiger partial charge on any atom is 0.343 e. The molecule has 38 heavy (non-hydrogen) atoms. The number of rotatable bonds is 9. The van der Waals surface area contributed by atoms with Crippen LogP contribution in [0, 0.1) is 0 Å². The summed E-state index contributed by atoms with van der Waals surface area (Å²) in [5.41, 5.74) is 9.37. The predicted octanol–water partition coefficient (Wildman–Crippen LogP) is 0.618. The topological polar surface area (TPSA) is 117 Å². The van der Waals surface area contributed by atoms with Crippen LogP contribution in [0.5, 0.6) is 0 Å². The SMILES string of the molecule is CCc1c(CNC2=NCCN2)c(CC)c(CN2Cc3ccccc3[B-]2(O)O)c(CC)c1CNC1=NCCN1. The molecule has 6 N–H and O–H groups in total. The summed E-state index contributed by atoms with van der Waals surface area (Å²) in [4.78, 5) is 10.9. The summed E-state index contributed by atoms with van der Waals surface area (Å²) in [6.45, 7) is 9.52. The lowest BCUT2D eigenvalue weighted by atomic mass is 9.64. The summed E-state index contributed by atoms with van der Waals surface area (Å²) in [7, 11) is 0. The molecule has 2 aromatic carbocycles. The average molecular weight is 518 g/mol. The van der Waals surface area contributed by atoms with Crippen LogP contribution in [0.25, 0.3) is 0 Å². The van der Waals surface area contributed by atoms with Crippen LogP contribution in [0.2, 0.25) is 0 Å². The number of fused-ring (bicyclic) bond motifs is 1. The van der Waals surface area contributed by atoms with Crippen molar-refractivity contribution < 1.29 is 10.0 Å². The van der Waals surface area contributed by atoms with Gasteiger partial charge in [0.25, 0.3) is 0 Å². The molecule has 3 aliphatic rings. The van der Waals surface area contributed by atoms with E-state index in [1.54, 1.807) is 0 Å². The standard InChI is InChI=1S/C28H41BN7O2/c1-4-20-23(15-34-27-30-11-12-31-27)21(5-2)25(22(6-3)24(20)16-35-28-32-13-14-33-28)18-36-17-19-9-7-8-10-26(19)29(36,37)38/h7-10,37-38H,4-6,11-18H2,1-3H3,(H2,30,31,34)(H2,32,33,35)/q-1. The fourth-order valence-electron chi connectivity index (χ4n) is 6.35. The van der Waals surface area contributed by atoms with Crippen LogP contribution in [-0.2, 0) is 45.4 Å². The van der Waals surface area contributed by atoms with Gasteiger partial charge in [0.1, 0.15) is 0 Å². The normalized spacial score (nSPS) is 18.0. The Morgan fingerprint density at radius 1 is 0.789 bits per heavy atom. The van der Waals surface area contributed by atoms with E-state index in [9.17, 15) is 10.0 Å². The molecule has 0 unspecified atom stereocenters. The molecule has 3 aliphatic heterocycles. The lowest BCUT2D eigenvalue weighted by molar-refractivity contribution is 0.248. The van der Waals surface area contributed by atoms with Crippen LogP contribution in [-0.4, -0.2) is 59.6 Å². The number of hydrogen-bond donors (Lipinski definition) is 6. The van der Waals surface area contributed by atoms with Gasteiger partial charge in [-0.1, -0.05) is 50.6 Å². The van der Waals surface area contributed by atoms with Gasteiger partial charge in [-0.2, -0.15) is 0 Å². The first kappa shape index (κ1) is 26.5. The second-order valence-corrected chi connectivity index (χ2v) is 10.3. The van der Waals surface area contributed by atoms with Crippen molar-refractivity contribution >= 4 is 24.1 Å². The van der Waals surface area contributed by atoms with E-state index in [1.807, 2.05) is 29.1 Å². The summed E-state index contributed by atoms with van der Waals surface area (Å²) in [5.74, 6) is 1.70. The predicted molar refractivity (Wildman–Crippen MR) is 154 cm³/mol. The molecule has 0 saturated carbocycles. The van der Waals surface area contributed by atoms with E-state index in [0.29, 0.717) is 31.6 Å². The molecule has 0 radical (unpaired) electrons. The van der Waals surface area contributed by atoms with Crippen molar-refractivity contribution in [3.8, 4) is 0 Å². The third kappa shape index (κ3) is 5.00. The molecule has 10 heteroatoms. The molecule has 0 bridgehead atoms. The summed E-state index contributed by atoms with van der Waals surface area (Å²) < 4.78 is 0. The fourth-order valence-corrected chi connectivity index (χ4v) is 6.35. The zero-order valence-electron chi connectivity index (χ0n) is 22.9. The van der Waals surface area contributed by atoms with Crippen LogP contribution in [0.15, 0.2) is 34.3 Å². The Bertz CT molecular complexity index is 1190. The Morgan fingerprint density at radius 3 is 1.79 bits per heavy atom. The van der Waals surface area contributed by atoms with Gasteiger partial charge in [0.15, 0.2) is 11.9 Å². The minimum Gasteiger partial charge on any atom is -0.566 e. The van der Waals surface area contributed by atoms with Crippen LogP contribution in [0.1, 0.15) is 59.7 Å². The Morgan fingerprint density at radius 2 is 1.32 bits per heavy atom. The van der Waals surface area contributed by atoms with E-state index >= 15 is 0 Å². The number of nitrogens with one attached hydrogen (secondary N) is 4. The summed E-state index contributed by atoms with van der Waals surface area (Å²) >= 11 is 0. The van der Waals surface area contributed by atoms with Crippen molar-refractivity contribution in [3.63, 3.8) is 0 Å². The number of benzene rings is 2. The lowest BCUT2D eigenvalue weighted by Gasteiger charge is -2.38. The quantitative estimate of drug-likeness (QED) is 0.270. The van der Waals surface area contributed by atoms with Crippen LogP contribution in [0.3, 0.4) is 0 Å². The average Bonchev–Trinajstić information content (AvgIpc) is 3.68. The van der Waals surface area contributed by atoms with E-state index < -0.39 is 6.69 Å². The molecule has 2 aromatic rings. The van der Waals surface area contributed by atoms with E-state index in [1.165, 1.54) is 33.4 Å². The van der Waals surface area contributed by atoms with Gasteiger partial charge in [0.2, 0.25) is 0 Å². The molecule has 0 aromatic heterocycles. The number of guanidine groups is 2. The first-order valence-corrected chi connectivity index (χ1v) is 14.1. The molecule has 5 rings (SSSR count). The Labute approximate surface area is 225 Å². The molecule has 0 aliphatic carbocycles. The Balaban J connectivity index is 1.58. The van der Waals surface area contributed by atoms with Crippen molar-refractivity contribution in [2.45, 2.75) is 66.2 Å². The maximum atomic E-state index is 11.3. The maximum absolute atomic E-state index is 11.3. The first-order chi connectivity index (χ1) is 18.5. The highest BCUT2D eigenvalue weighted by Gasteiger charge is 2.37. The van der Waals surface area contributed by atoms with Gasteiger partial charge in [0, 0.05) is 26.2 Å². The largest absolute Gasteiger partial charge is 0.566 e. The second kappa shape index (κ2) is 11.3. The van der Waals surface area contributed by atoms with Crippen LogP contribution in [0.4, 0.5) is 0 Å². The van der Waals surface area contributed by atoms with Crippen molar-refractivity contribution in [2.75, 3.05) is 26.2 Å². The monoisotopic (exact) mass is 518 g/mol. The lowest BCUT2D eigenvalue weighted by Crippen LogP contribution is -2.57.